The third-order valence-corrected chi connectivity index (χ3v) is 1.82. The monoisotopic (exact) mass is 192 g/mol. The van der Waals surface area contributed by atoms with Crippen LogP contribution in [0.15, 0.2) is 24.5 Å². The van der Waals surface area contributed by atoms with Gasteiger partial charge in [0.15, 0.2) is 5.82 Å². The molecule has 0 aliphatic carbocycles. The average Bonchev–Trinajstić information content (AvgIpc) is 2.67. The van der Waals surface area contributed by atoms with E-state index in [-0.39, 0.29) is 5.82 Å². The van der Waals surface area contributed by atoms with Gasteiger partial charge in [0, 0.05) is 18.4 Å². The topological polar surface area (TPSA) is 67.6 Å². The zero-order valence-corrected chi connectivity index (χ0v) is 7.37. The molecule has 0 fully saturated rings. The molecule has 2 aromatic heterocycles. The van der Waals surface area contributed by atoms with Crippen molar-refractivity contribution in [3.8, 4) is 11.5 Å². The largest absolute Gasteiger partial charge is 0.339 e. The molecule has 0 bridgehead atoms. The number of hydrogen-bond acceptors (Lipinski definition) is 3. The van der Waals surface area contributed by atoms with E-state index >= 15 is 0 Å². The van der Waals surface area contributed by atoms with Gasteiger partial charge in [0.05, 0.1) is 6.20 Å². The molecule has 0 saturated carbocycles. The number of nitrogens with zero attached hydrogens (tertiary/aromatic N) is 2. The number of H-pyrrole nitrogens is 1. The Morgan fingerprint density at radius 2 is 2.14 bits per heavy atom. The number of aromatic amines is 1. The number of pyridine rings is 1. The van der Waals surface area contributed by atoms with E-state index in [1.165, 1.54) is 6.07 Å². The van der Waals surface area contributed by atoms with Crippen molar-refractivity contribution in [2.24, 2.45) is 5.73 Å². The number of aromatic nitrogens is 3. The highest BCUT2D eigenvalue weighted by atomic mass is 19.1. The second-order valence-electron chi connectivity index (χ2n) is 2.82. The van der Waals surface area contributed by atoms with Crippen LogP contribution in [0.25, 0.3) is 11.5 Å². The molecule has 5 heteroatoms. The van der Waals surface area contributed by atoms with Crippen LogP contribution in [0.5, 0.6) is 0 Å². The minimum atomic E-state index is -0.362. The van der Waals surface area contributed by atoms with Gasteiger partial charge in [-0.15, -0.1) is 0 Å². The molecule has 3 N–H and O–H groups in total. The standard InChI is InChI=1S/C9H9FN4/c10-6-1-2-8(12-4-6)9-13-5-7(3-11)14-9/h1-2,4-5H,3,11H2,(H,13,14). The van der Waals surface area contributed by atoms with Crippen molar-refractivity contribution >= 4 is 0 Å². The normalized spacial score (nSPS) is 10.4. The summed E-state index contributed by atoms with van der Waals surface area (Å²) in [7, 11) is 0. The van der Waals surface area contributed by atoms with E-state index < -0.39 is 0 Å². The lowest BCUT2D eigenvalue weighted by Gasteiger charge is -1.94. The van der Waals surface area contributed by atoms with Crippen molar-refractivity contribution in [1.29, 1.82) is 0 Å². The summed E-state index contributed by atoms with van der Waals surface area (Å²) >= 11 is 0. The third-order valence-electron chi connectivity index (χ3n) is 1.82. The molecule has 4 nitrogen and oxygen atoms in total. The molecular weight excluding hydrogens is 183 g/mol. The van der Waals surface area contributed by atoms with Gasteiger partial charge >= 0.3 is 0 Å². The smallest absolute Gasteiger partial charge is 0.156 e. The molecule has 0 unspecified atom stereocenters. The predicted molar refractivity (Wildman–Crippen MR) is 49.7 cm³/mol. The van der Waals surface area contributed by atoms with Crippen LogP contribution in [0.3, 0.4) is 0 Å². The van der Waals surface area contributed by atoms with Gasteiger partial charge in [-0.05, 0) is 12.1 Å². The molecule has 0 radical (unpaired) electrons. The van der Waals surface area contributed by atoms with Crippen molar-refractivity contribution < 1.29 is 4.39 Å². The highest BCUT2D eigenvalue weighted by Gasteiger charge is 2.03. The summed E-state index contributed by atoms with van der Waals surface area (Å²) < 4.78 is 12.6. The number of hydrogen-bond donors (Lipinski definition) is 2. The Hall–Kier alpha value is -1.75. The fourth-order valence-corrected chi connectivity index (χ4v) is 1.11. The summed E-state index contributed by atoms with van der Waals surface area (Å²) in [6.45, 7) is 0.397. The van der Waals surface area contributed by atoms with E-state index in [9.17, 15) is 4.39 Å². The van der Waals surface area contributed by atoms with E-state index in [4.69, 9.17) is 5.73 Å². The van der Waals surface area contributed by atoms with Gasteiger partial charge in [-0.3, -0.25) is 0 Å². The molecule has 0 spiro atoms. The first-order valence-corrected chi connectivity index (χ1v) is 4.15. The molecule has 0 amide bonds. The summed E-state index contributed by atoms with van der Waals surface area (Å²) in [5, 5.41) is 0. The van der Waals surface area contributed by atoms with Crippen LogP contribution < -0.4 is 5.73 Å². The highest BCUT2D eigenvalue weighted by Crippen LogP contribution is 2.12. The zero-order valence-electron chi connectivity index (χ0n) is 7.37. The summed E-state index contributed by atoms with van der Waals surface area (Å²) in [5.41, 5.74) is 6.84. The summed E-state index contributed by atoms with van der Waals surface area (Å²) in [4.78, 5) is 10.9. The SMILES string of the molecule is NCc1cnc(-c2ccc(F)cn2)[nH]1. The van der Waals surface area contributed by atoms with Crippen molar-refractivity contribution in [1.82, 2.24) is 15.0 Å². The summed E-state index contributed by atoms with van der Waals surface area (Å²) in [6, 6.07) is 2.90. The molecule has 14 heavy (non-hydrogen) atoms. The lowest BCUT2D eigenvalue weighted by molar-refractivity contribution is 0.621. The molecule has 0 atom stereocenters. The van der Waals surface area contributed by atoms with E-state index in [1.807, 2.05) is 0 Å². The maximum Gasteiger partial charge on any atom is 0.156 e. The van der Waals surface area contributed by atoms with Gasteiger partial charge in [-0.25, -0.2) is 14.4 Å². The van der Waals surface area contributed by atoms with Gasteiger partial charge in [0.2, 0.25) is 0 Å². The summed E-state index contributed by atoms with van der Waals surface area (Å²) in [5.74, 6) is 0.241. The quantitative estimate of drug-likeness (QED) is 0.747. The van der Waals surface area contributed by atoms with Crippen molar-refractivity contribution in [2.45, 2.75) is 6.54 Å². The fraction of sp³-hybridized carbons (Fsp3) is 0.111. The number of imidazole rings is 1. The van der Waals surface area contributed by atoms with Gasteiger partial charge in [-0.1, -0.05) is 0 Å². The molecule has 0 saturated heterocycles. The van der Waals surface area contributed by atoms with Crippen LogP contribution in [-0.2, 0) is 6.54 Å². The van der Waals surface area contributed by atoms with Crippen LogP contribution in [0.1, 0.15) is 5.69 Å². The minimum Gasteiger partial charge on any atom is -0.339 e. The van der Waals surface area contributed by atoms with E-state index in [2.05, 4.69) is 15.0 Å². The van der Waals surface area contributed by atoms with E-state index in [0.717, 1.165) is 11.9 Å². The lowest BCUT2D eigenvalue weighted by atomic mass is 10.3. The number of nitrogens with two attached hydrogens (primary N) is 1. The Kier molecular flexibility index (Phi) is 2.24. The number of halogens is 1. The van der Waals surface area contributed by atoms with Crippen molar-refractivity contribution in [2.75, 3.05) is 0 Å². The minimum absolute atomic E-state index is 0.362. The lowest BCUT2D eigenvalue weighted by Crippen LogP contribution is -1.95. The maximum absolute atomic E-state index is 12.6. The first kappa shape index (κ1) is 8.83. The van der Waals surface area contributed by atoms with E-state index in [1.54, 1.807) is 12.3 Å². The summed E-state index contributed by atoms with van der Waals surface area (Å²) in [6.07, 6.45) is 2.79. The van der Waals surface area contributed by atoms with Gasteiger partial charge in [-0.2, -0.15) is 0 Å². The van der Waals surface area contributed by atoms with Crippen LogP contribution in [0, 0.1) is 5.82 Å². The second kappa shape index (κ2) is 3.55. The Morgan fingerprint density at radius 1 is 1.29 bits per heavy atom. The predicted octanol–water partition coefficient (Wildman–Crippen LogP) is 1.07. The Balaban J connectivity index is 2.34. The van der Waals surface area contributed by atoms with Crippen LogP contribution in [0.4, 0.5) is 4.39 Å². The molecule has 72 valence electrons. The van der Waals surface area contributed by atoms with Gasteiger partial charge < -0.3 is 10.7 Å². The van der Waals surface area contributed by atoms with Crippen molar-refractivity contribution in [3.63, 3.8) is 0 Å². The van der Waals surface area contributed by atoms with Crippen molar-refractivity contribution in [3.05, 3.63) is 36.0 Å². The molecule has 2 aromatic rings. The number of rotatable bonds is 2. The molecule has 0 aliphatic rings. The Labute approximate surface area is 80.0 Å². The van der Waals surface area contributed by atoms with Gasteiger partial charge in [0.25, 0.3) is 0 Å². The average molecular weight is 192 g/mol. The molecule has 0 aromatic carbocycles. The molecule has 0 aliphatic heterocycles. The Morgan fingerprint density at radius 3 is 2.71 bits per heavy atom. The number of nitrogens with one attached hydrogen (secondary N) is 1. The zero-order chi connectivity index (χ0) is 9.97. The Bertz CT molecular complexity index is 421. The highest BCUT2D eigenvalue weighted by molar-refractivity contribution is 5.48. The molecular formula is C9H9FN4. The maximum atomic E-state index is 12.6. The first-order valence-electron chi connectivity index (χ1n) is 4.15. The third kappa shape index (κ3) is 1.62. The second-order valence-corrected chi connectivity index (χ2v) is 2.82. The fourth-order valence-electron chi connectivity index (χ4n) is 1.11. The van der Waals surface area contributed by atoms with Crippen LogP contribution in [-0.4, -0.2) is 15.0 Å². The molecule has 2 heterocycles. The first-order chi connectivity index (χ1) is 6.79. The van der Waals surface area contributed by atoms with Crippen LogP contribution >= 0.6 is 0 Å². The van der Waals surface area contributed by atoms with Crippen LogP contribution in [0.2, 0.25) is 0 Å². The molecule has 2 rings (SSSR count). The van der Waals surface area contributed by atoms with E-state index in [0.29, 0.717) is 18.1 Å². The van der Waals surface area contributed by atoms with Gasteiger partial charge in [0.1, 0.15) is 11.5 Å².